The molecule has 0 aliphatic rings. The number of nitrogens with one attached hydrogen (secondary N) is 1. The van der Waals surface area contributed by atoms with Gasteiger partial charge in [-0.2, -0.15) is 0 Å². The number of halogens is 3. The quantitative estimate of drug-likeness (QED) is 0.610. The lowest BCUT2D eigenvalue weighted by atomic mass is 10.1. The number of rotatable bonds is 6. The zero-order valence-electron chi connectivity index (χ0n) is 10.7. The zero-order valence-corrected chi connectivity index (χ0v) is 13.0. The van der Waals surface area contributed by atoms with E-state index in [1.54, 1.807) is 6.92 Å². The standard InChI is InChI=1S/C13H17Cl3N2O/c1-2-11(19)18-12(13(14,15)16)17-9-8-10-6-4-3-5-7-10/h3-7,12,17H,2,8-9H2,1H3,(H,18,19)/p+1/t12-/m0/s1. The van der Waals surface area contributed by atoms with Crippen molar-refractivity contribution in [3.63, 3.8) is 0 Å². The minimum atomic E-state index is -1.53. The molecule has 0 radical (unpaired) electrons. The van der Waals surface area contributed by atoms with Crippen molar-refractivity contribution in [2.75, 3.05) is 6.54 Å². The number of hydrogen-bond donors (Lipinski definition) is 2. The second-order valence-electron chi connectivity index (χ2n) is 4.20. The summed E-state index contributed by atoms with van der Waals surface area (Å²) in [6.07, 6.45) is 0.637. The minimum absolute atomic E-state index is 0.132. The van der Waals surface area contributed by atoms with Crippen LogP contribution in [-0.4, -0.2) is 22.4 Å². The van der Waals surface area contributed by atoms with Gasteiger partial charge < -0.3 is 10.6 Å². The highest BCUT2D eigenvalue weighted by Gasteiger charge is 2.36. The summed E-state index contributed by atoms with van der Waals surface area (Å²) in [5.41, 5.74) is 1.21. The highest BCUT2D eigenvalue weighted by Crippen LogP contribution is 2.27. The summed E-state index contributed by atoms with van der Waals surface area (Å²) >= 11 is 17.6. The van der Waals surface area contributed by atoms with E-state index in [0.29, 0.717) is 6.42 Å². The number of quaternary nitrogens is 1. The molecular weight excluding hydrogens is 307 g/mol. The summed E-state index contributed by atoms with van der Waals surface area (Å²) in [6.45, 7) is 2.49. The maximum atomic E-state index is 11.4. The summed E-state index contributed by atoms with van der Waals surface area (Å²) in [6, 6.07) is 10.0. The Morgan fingerprint density at radius 2 is 1.95 bits per heavy atom. The van der Waals surface area contributed by atoms with Gasteiger partial charge in [-0.05, 0) is 5.56 Å². The molecule has 19 heavy (non-hydrogen) atoms. The van der Waals surface area contributed by atoms with Gasteiger partial charge in [-0.15, -0.1) is 0 Å². The molecule has 1 aromatic rings. The number of carbonyl (C=O) groups excluding carboxylic acids is 1. The lowest BCUT2D eigenvalue weighted by Crippen LogP contribution is -2.96. The fourth-order valence-electron chi connectivity index (χ4n) is 1.61. The molecule has 106 valence electrons. The van der Waals surface area contributed by atoms with Gasteiger partial charge in [0.05, 0.1) is 6.54 Å². The number of carbonyl (C=O) groups is 1. The van der Waals surface area contributed by atoms with E-state index < -0.39 is 9.96 Å². The maximum Gasteiger partial charge on any atom is 0.262 e. The normalized spacial score (nSPS) is 13.1. The highest BCUT2D eigenvalue weighted by molar-refractivity contribution is 6.68. The number of benzene rings is 1. The fraction of sp³-hybridized carbons (Fsp3) is 0.462. The Morgan fingerprint density at radius 3 is 2.47 bits per heavy atom. The predicted octanol–water partition coefficient (Wildman–Crippen LogP) is 2.02. The molecule has 1 rings (SSSR count). The van der Waals surface area contributed by atoms with Crippen LogP contribution >= 0.6 is 34.8 Å². The smallest absolute Gasteiger partial charge is 0.262 e. The summed E-state index contributed by atoms with van der Waals surface area (Å²) < 4.78 is -1.53. The van der Waals surface area contributed by atoms with Crippen molar-refractivity contribution in [1.82, 2.24) is 5.32 Å². The SMILES string of the molecule is CCC(=O)N[C@H]([NH2+]CCc1ccccc1)C(Cl)(Cl)Cl. The Kier molecular flexibility index (Phi) is 6.94. The molecule has 0 unspecified atom stereocenters. The van der Waals surface area contributed by atoms with Crippen LogP contribution in [0.5, 0.6) is 0 Å². The van der Waals surface area contributed by atoms with E-state index in [0.717, 1.165) is 13.0 Å². The second kappa shape index (κ2) is 7.95. The molecule has 0 aliphatic heterocycles. The van der Waals surface area contributed by atoms with Gasteiger partial charge >= 0.3 is 0 Å². The summed E-state index contributed by atoms with van der Waals surface area (Å²) in [4.78, 5) is 11.4. The first-order chi connectivity index (χ1) is 8.93. The van der Waals surface area contributed by atoms with Crippen LogP contribution in [0.15, 0.2) is 30.3 Å². The molecule has 0 aromatic heterocycles. The van der Waals surface area contributed by atoms with Gasteiger partial charge in [0.15, 0.2) is 0 Å². The van der Waals surface area contributed by atoms with Gasteiger partial charge in [-0.25, -0.2) is 0 Å². The van der Waals surface area contributed by atoms with E-state index in [2.05, 4.69) is 5.32 Å². The topological polar surface area (TPSA) is 45.7 Å². The lowest BCUT2D eigenvalue weighted by Gasteiger charge is -2.23. The molecule has 0 spiro atoms. The van der Waals surface area contributed by atoms with Crippen LogP contribution in [0.4, 0.5) is 0 Å². The Labute approximate surface area is 128 Å². The molecule has 1 atom stereocenters. The van der Waals surface area contributed by atoms with Gasteiger partial charge in [0.25, 0.3) is 3.79 Å². The number of alkyl halides is 3. The van der Waals surface area contributed by atoms with E-state index in [9.17, 15) is 4.79 Å². The first-order valence-electron chi connectivity index (χ1n) is 6.16. The number of amides is 1. The summed E-state index contributed by atoms with van der Waals surface area (Å²) in [5, 5.41) is 4.54. The molecule has 0 aliphatic carbocycles. The Hall–Kier alpha value is -0.480. The molecule has 0 fully saturated rings. The fourth-order valence-corrected chi connectivity index (χ4v) is 2.04. The van der Waals surface area contributed by atoms with Crippen LogP contribution in [0, 0.1) is 0 Å². The molecule has 0 bridgehead atoms. The average Bonchev–Trinajstić information content (AvgIpc) is 2.37. The van der Waals surface area contributed by atoms with Crippen LogP contribution in [0.3, 0.4) is 0 Å². The van der Waals surface area contributed by atoms with Crippen LogP contribution in [0.25, 0.3) is 0 Å². The van der Waals surface area contributed by atoms with E-state index in [4.69, 9.17) is 34.8 Å². The molecule has 0 heterocycles. The molecule has 6 heteroatoms. The van der Waals surface area contributed by atoms with Crippen LogP contribution in [-0.2, 0) is 11.2 Å². The molecule has 0 saturated heterocycles. The average molecular weight is 325 g/mol. The van der Waals surface area contributed by atoms with E-state index in [1.165, 1.54) is 5.56 Å². The van der Waals surface area contributed by atoms with Gasteiger partial charge in [0.1, 0.15) is 0 Å². The molecule has 0 saturated carbocycles. The first kappa shape index (κ1) is 16.6. The molecule has 1 aromatic carbocycles. The molecular formula is C13H18Cl3N2O+. The lowest BCUT2D eigenvalue weighted by molar-refractivity contribution is -0.691. The van der Waals surface area contributed by atoms with Gasteiger partial charge in [0.2, 0.25) is 12.1 Å². The van der Waals surface area contributed by atoms with Crippen molar-refractivity contribution in [2.24, 2.45) is 0 Å². The first-order valence-corrected chi connectivity index (χ1v) is 7.30. The third-order valence-electron chi connectivity index (χ3n) is 2.67. The zero-order chi connectivity index (χ0) is 14.3. The van der Waals surface area contributed by atoms with Crippen molar-refractivity contribution in [2.45, 2.75) is 29.7 Å². The molecule has 3 N–H and O–H groups in total. The maximum absolute atomic E-state index is 11.4. The Bertz CT molecular complexity index is 393. The van der Waals surface area contributed by atoms with Gasteiger partial charge in [0, 0.05) is 12.8 Å². The van der Waals surface area contributed by atoms with E-state index >= 15 is 0 Å². The third kappa shape index (κ3) is 6.48. The number of nitrogens with two attached hydrogens (primary N) is 1. The Balaban J connectivity index is 2.47. The largest absolute Gasteiger partial charge is 0.323 e. The van der Waals surface area contributed by atoms with Gasteiger partial charge in [-0.1, -0.05) is 72.1 Å². The van der Waals surface area contributed by atoms with E-state index in [-0.39, 0.29) is 5.91 Å². The molecule has 1 amide bonds. The van der Waals surface area contributed by atoms with Crippen LogP contribution in [0.2, 0.25) is 0 Å². The molecule has 3 nitrogen and oxygen atoms in total. The van der Waals surface area contributed by atoms with Crippen molar-refractivity contribution >= 4 is 40.7 Å². The van der Waals surface area contributed by atoms with Crippen LogP contribution < -0.4 is 10.6 Å². The monoisotopic (exact) mass is 323 g/mol. The van der Waals surface area contributed by atoms with Crippen molar-refractivity contribution in [1.29, 1.82) is 0 Å². The van der Waals surface area contributed by atoms with Crippen molar-refractivity contribution in [3.8, 4) is 0 Å². The Morgan fingerprint density at radius 1 is 1.32 bits per heavy atom. The number of hydrogen-bond acceptors (Lipinski definition) is 1. The van der Waals surface area contributed by atoms with Gasteiger partial charge in [-0.3, -0.25) is 4.79 Å². The third-order valence-corrected chi connectivity index (χ3v) is 3.37. The summed E-state index contributed by atoms with van der Waals surface area (Å²) in [5.74, 6) is -0.132. The van der Waals surface area contributed by atoms with Crippen molar-refractivity contribution in [3.05, 3.63) is 35.9 Å². The van der Waals surface area contributed by atoms with E-state index in [1.807, 2.05) is 35.6 Å². The minimum Gasteiger partial charge on any atom is -0.323 e. The highest BCUT2D eigenvalue weighted by atomic mass is 35.6. The predicted molar refractivity (Wildman–Crippen MR) is 79.5 cm³/mol. The summed E-state index contributed by atoms with van der Waals surface area (Å²) in [7, 11) is 0. The van der Waals surface area contributed by atoms with Crippen LogP contribution in [0.1, 0.15) is 18.9 Å². The van der Waals surface area contributed by atoms with Crippen molar-refractivity contribution < 1.29 is 10.1 Å². The second-order valence-corrected chi connectivity index (χ2v) is 6.57.